The molecule has 0 saturated heterocycles. The van der Waals surface area contributed by atoms with E-state index in [4.69, 9.17) is 5.73 Å². The lowest BCUT2D eigenvalue weighted by Crippen LogP contribution is -2.20. The topological polar surface area (TPSA) is 121 Å². The summed E-state index contributed by atoms with van der Waals surface area (Å²) >= 11 is 0. The standard InChI is InChI=1S/C18H20N6O/c1-17(2,9-19)13-5-12(6-14(7-13)18(3,4)10-20)8-24-11-22-16(23-24)15(21)25/h5-7,11H,8H2,1-4H3,(H2,21,25). The second-order valence-corrected chi connectivity index (χ2v) is 7.02. The van der Waals surface area contributed by atoms with E-state index >= 15 is 0 Å². The molecule has 25 heavy (non-hydrogen) atoms. The van der Waals surface area contributed by atoms with Crippen LogP contribution in [0.1, 0.15) is 55.0 Å². The molecule has 1 aromatic heterocycles. The van der Waals surface area contributed by atoms with Gasteiger partial charge in [-0.05, 0) is 44.4 Å². The number of primary amides is 1. The summed E-state index contributed by atoms with van der Waals surface area (Å²) in [5, 5.41) is 22.9. The van der Waals surface area contributed by atoms with Crippen LogP contribution < -0.4 is 5.73 Å². The van der Waals surface area contributed by atoms with E-state index in [1.54, 1.807) is 0 Å². The zero-order chi connectivity index (χ0) is 18.8. The van der Waals surface area contributed by atoms with E-state index in [2.05, 4.69) is 22.2 Å². The van der Waals surface area contributed by atoms with Crippen LogP contribution in [0.5, 0.6) is 0 Å². The smallest absolute Gasteiger partial charge is 0.288 e. The van der Waals surface area contributed by atoms with Gasteiger partial charge in [0.1, 0.15) is 6.33 Å². The molecule has 0 aliphatic heterocycles. The second-order valence-electron chi connectivity index (χ2n) is 7.02. The lowest BCUT2D eigenvalue weighted by atomic mass is 9.79. The summed E-state index contributed by atoms with van der Waals surface area (Å²) in [6.07, 6.45) is 1.43. The Morgan fingerprint density at radius 3 is 2.04 bits per heavy atom. The number of nitriles is 2. The molecule has 0 atom stereocenters. The van der Waals surface area contributed by atoms with Crippen LogP contribution in [0.25, 0.3) is 0 Å². The van der Waals surface area contributed by atoms with Gasteiger partial charge in [0.15, 0.2) is 0 Å². The van der Waals surface area contributed by atoms with Crippen molar-refractivity contribution in [1.29, 1.82) is 10.5 Å². The highest BCUT2D eigenvalue weighted by atomic mass is 16.1. The van der Waals surface area contributed by atoms with Gasteiger partial charge in [-0.2, -0.15) is 10.5 Å². The van der Waals surface area contributed by atoms with Gasteiger partial charge in [-0.3, -0.25) is 4.79 Å². The molecule has 0 unspecified atom stereocenters. The van der Waals surface area contributed by atoms with Crippen molar-refractivity contribution in [3.05, 3.63) is 47.0 Å². The van der Waals surface area contributed by atoms with Gasteiger partial charge in [0.05, 0.1) is 29.5 Å². The first-order valence-electron chi connectivity index (χ1n) is 7.76. The Hall–Kier alpha value is -3.19. The Balaban J connectivity index is 2.51. The van der Waals surface area contributed by atoms with Gasteiger partial charge < -0.3 is 5.73 Å². The number of hydrogen-bond acceptors (Lipinski definition) is 5. The quantitative estimate of drug-likeness (QED) is 0.895. The largest absolute Gasteiger partial charge is 0.363 e. The number of benzene rings is 1. The predicted molar refractivity (Wildman–Crippen MR) is 91.4 cm³/mol. The van der Waals surface area contributed by atoms with Gasteiger partial charge in [0.25, 0.3) is 5.91 Å². The highest BCUT2D eigenvalue weighted by Gasteiger charge is 2.26. The monoisotopic (exact) mass is 336 g/mol. The molecule has 1 aromatic carbocycles. The van der Waals surface area contributed by atoms with Crippen LogP contribution in [0.4, 0.5) is 0 Å². The molecule has 7 nitrogen and oxygen atoms in total. The highest BCUT2D eigenvalue weighted by molar-refractivity contribution is 5.88. The number of carbonyl (C=O) groups is 1. The Labute approximate surface area is 146 Å². The van der Waals surface area contributed by atoms with Crippen molar-refractivity contribution in [2.75, 3.05) is 0 Å². The number of rotatable bonds is 5. The van der Waals surface area contributed by atoms with E-state index in [0.29, 0.717) is 6.54 Å². The fourth-order valence-corrected chi connectivity index (χ4v) is 2.30. The first kappa shape index (κ1) is 18.2. The molecule has 1 amide bonds. The van der Waals surface area contributed by atoms with Crippen LogP contribution in [0.2, 0.25) is 0 Å². The van der Waals surface area contributed by atoms with Crippen LogP contribution in [0, 0.1) is 22.7 Å². The van der Waals surface area contributed by atoms with Crippen molar-refractivity contribution >= 4 is 5.91 Å². The molecule has 1 heterocycles. The highest BCUT2D eigenvalue weighted by Crippen LogP contribution is 2.30. The Kier molecular flexibility index (Phi) is 4.62. The number of hydrogen-bond donors (Lipinski definition) is 1. The Morgan fingerprint density at radius 2 is 1.64 bits per heavy atom. The summed E-state index contributed by atoms with van der Waals surface area (Å²) in [5.74, 6) is -0.740. The van der Waals surface area contributed by atoms with E-state index in [0.717, 1.165) is 16.7 Å². The number of carbonyl (C=O) groups excluding carboxylic acids is 1. The maximum Gasteiger partial charge on any atom is 0.288 e. The van der Waals surface area contributed by atoms with Crippen molar-refractivity contribution in [2.45, 2.75) is 45.1 Å². The van der Waals surface area contributed by atoms with E-state index in [1.165, 1.54) is 11.0 Å². The third-order valence-electron chi connectivity index (χ3n) is 4.10. The van der Waals surface area contributed by atoms with Gasteiger partial charge in [-0.25, -0.2) is 9.67 Å². The molecule has 0 fully saturated rings. The van der Waals surface area contributed by atoms with E-state index in [1.807, 2.05) is 45.9 Å². The van der Waals surface area contributed by atoms with E-state index < -0.39 is 16.7 Å². The van der Waals surface area contributed by atoms with Crippen molar-refractivity contribution < 1.29 is 4.79 Å². The lowest BCUT2D eigenvalue weighted by Gasteiger charge is -2.23. The van der Waals surface area contributed by atoms with Crippen molar-refractivity contribution in [2.24, 2.45) is 5.73 Å². The summed E-state index contributed by atoms with van der Waals surface area (Å²) < 4.78 is 1.50. The molecule has 0 bridgehead atoms. The van der Waals surface area contributed by atoms with Gasteiger partial charge in [0.2, 0.25) is 5.82 Å². The summed E-state index contributed by atoms with van der Waals surface area (Å²) in [7, 11) is 0. The van der Waals surface area contributed by atoms with Crippen molar-refractivity contribution in [1.82, 2.24) is 14.8 Å². The zero-order valence-corrected chi connectivity index (χ0v) is 14.7. The predicted octanol–water partition coefficient (Wildman–Crippen LogP) is 2.03. The number of aromatic nitrogens is 3. The molecule has 2 N–H and O–H groups in total. The molecule has 0 aliphatic carbocycles. The Morgan fingerprint density at radius 1 is 1.12 bits per heavy atom. The first-order valence-corrected chi connectivity index (χ1v) is 7.76. The molecular weight excluding hydrogens is 316 g/mol. The van der Waals surface area contributed by atoms with E-state index in [-0.39, 0.29) is 5.82 Å². The molecule has 2 aromatic rings. The fourth-order valence-electron chi connectivity index (χ4n) is 2.30. The van der Waals surface area contributed by atoms with Crippen molar-refractivity contribution in [3.8, 4) is 12.1 Å². The molecule has 7 heteroatoms. The van der Waals surface area contributed by atoms with E-state index in [9.17, 15) is 15.3 Å². The van der Waals surface area contributed by atoms with Gasteiger partial charge in [-0.1, -0.05) is 18.2 Å². The summed E-state index contributed by atoms with van der Waals surface area (Å²) in [6, 6.07) is 10.3. The van der Waals surface area contributed by atoms with Crippen LogP contribution in [0.15, 0.2) is 24.5 Å². The average molecular weight is 336 g/mol. The average Bonchev–Trinajstić information content (AvgIpc) is 3.03. The minimum atomic E-state index is -0.697. The number of amides is 1. The van der Waals surface area contributed by atoms with Crippen LogP contribution >= 0.6 is 0 Å². The minimum absolute atomic E-state index is 0.0499. The maximum atomic E-state index is 11.1. The summed E-state index contributed by atoms with van der Waals surface area (Å²) in [5.41, 5.74) is 6.28. The SMILES string of the molecule is CC(C)(C#N)c1cc(Cn2cnc(C(N)=O)n2)cc(C(C)(C)C#N)c1. The third kappa shape index (κ3) is 3.84. The molecule has 0 radical (unpaired) electrons. The second kappa shape index (κ2) is 6.37. The lowest BCUT2D eigenvalue weighted by molar-refractivity contribution is 0.0990. The number of nitrogens with two attached hydrogens (primary N) is 1. The maximum absolute atomic E-state index is 11.1. The normalized spacial score (nSPS) is 11.6. The van der Waals surface area contributed by atoms with Gasteiger partial charge >= 0.3 is 0 Å². The minimum Gasteiger partial charge on any atom is -0.363 e. The molecule has 0 aliphatic rings. The van der Waals surface area contributed by atoms with Crippen molar-refractivity contribution in [3.63, 3.8) is 0 Å². The van der Waals surface area contributed by atoms with Crippen LogP contribution in [-0.2, 0) is 17.4 Å². The fraction of sp³-hybridized carbons (Fsp3) is 0.389. The first-order chi connectivity index (χ1) is 11.6. The molecule has 0 spiro atoms. The summed E-state index contributed by atoms with van der Waals surface area (Å²) in [6.45, 7) is 7.67. The molecule has 0 saturated carbocycles. The Bertz CT molecular complexity index is 851. The third-order valence-corrected chi connectivity index (χ3v) is 4.10. The van der Waals surface area contributed by atoms with Gasteiger partial charge in [-0.15, -0.1) is 5.10 Å². The van der Waals surface area contributed by atoms with Crippen LogP contribution in [-0.4, -0.2) is 20.7 Å². The molecular formula is C18H20N6O. The van der Waals surface area contributed by atoms with Crippen LogP contribution in [0.3, 0.4) is 0 Å². The molecule has 128 valence electrons. The molecule has 2 rings (SSSR count). The number of nitrogens with zero attached hydrogens (tertiary/aromatic N) is 5. The van der Waals surface area contributed by atoms with Gasteiger partial charge in [0, 0.05) is 0 Å². The summed E-state index contributed by atoms with van der Waals surface area (Å²) in [4.78, 5) is 15.0. The zero-order valence-electron chi connectivity index (χ0n) is 14.7.